The predicted octanol–water partition coefficient (Wildman–Crippen LogP) is 2.99. The van der Waals surface area contributed by atoms with E-state index in [1.807, 2.05) is 24.2 Å². The van der Waals surface area contributed by atoms with E-state index in [9.17, 15) is 10.1 Å². The largest absolute Gasteiger partial charge is 0.368 e. The van der Waals surface area contributed by atoms with Gasteiger partial charge >= 0.3 is 0 Å². The highest BCUT2D eigenvalue weighted by Crippen LogP contribution is 2.47. The van der Waals surface area contributed by atoms with Crippen molar-refractivity contribution in [3.8, 4) is 6.07 Å². The molecule has 7 nitrogen and oxygen atoms in total. The Hall–Kier alpha value is -2.24. The van der Waals surface area contributed by atoms with Crippen molar-refractivity contribution < 1.29 is 4.79 Å². The van der Waals surface area contributed by atoms with E-state index in [1.165, 1.54) is 0 Å². The van der Waals surface area contributed by atoms with Crippen LogP contribution in [0.2, 0.25) is 0 Å². The van der Waals surface area contributed by atoms with Gasteiger partial charge in [-0.15, -0.1) is 0 Å². The molecule has 2 aromatic heterocycles. The Morgan fingerprint density at radius 2 is 2.14 bits per heavy atom. The summed E-state index contributed by atoms with van der Waals surface area (Å²) in [5.41, 5.74) is 1.88. The van der Waals surface area contributed by atoms with Gasteiger partial charge in [0.25, 0.3) is 0 Å². The summed E-state index contributed by atoms with van der Waals surface area (Å²) in [6.45, 7) is 3.77. The molecule has 5 rings (SSSR count). The number of amides is 1. The van der Waals surface area contributed by atoms with Crippen molar-refractivity contribution in [3.05, 3.63) is 18.3 Å². The van der Waals surface area contributed by atoms with Crippen molar-refractivity contribution in [2.24, 2.45) is 11.3 Å². The molecule has 28 heavy (non-hydrogen) atoms. The molecule has 0 radical (unpaired) electrons. The number of rotatable bonds is 6. The SMILES string of the molecule is N#CC1(CSN2CCN(c3cc(NC(=O)C4CC4)nc4[nH]ccc34)CC2)CC1. The molecular weight excluding hydrogens is 372 g/mol. The fourth-order valence-electron chi connectivity index (χ4n) is 3.63. The average Bonchev–Trinajstić information content (AvgIpc) is 3.64. The van der Waals surface area contributed by atoms with Crippen LogP contribution in [0.5, 0.6) is 0 Å². The maximum Gasteiger partial charge on any atom is 0.228 e. The summed E-state index contributed by atoms with van der Waals surface area (Å²) in [4.78, 5) is 22.3. The minimum atomic E-state index is -0.0567. The first-order valence-corrected chi connectivity index (χ1v) is 10.9. The Morgan fingerprint density at radius 3 is 2.82 bits per heavy atom. The van der Waals surface area contributed by atoms with E-state index in [0.29, 0.717) is 5.82 Å². The highest BCUT2D eigenvalue weighted by atomic mass is 32.2. The predicted molar refractivity (Wildman–Crippen MR) is 111 cm³/mol. The number of carbonyl (C=O) groups is 1. The number of anilines is 2. The molecule has 0 unspecified atom stereocenters. The lowest BCUT2D eigenvalue weighted by molar-refractivity contribution is -0.117. The number of fused-ring (bicyclic) bond motifs is 1. The number of carbonyl (C=O) groups excluding carboxylic acids is 1. The summed E-state index contributed by atoms with van der Waals surface area (Å²) >= 11 is 1.82. The molecule has 1 amide bonds. The number of aromatic amines is 1. The molecule has 0 bridgehead atoms. The van der Waals surface area contributed by atoms with Crippen molar-refractivity contribution in [2.45, 2.75) is 25.7 Å². The van der Waals surface area contributed by atoms with Crippen LogP contribution < -0.4 is 10.2 Å². The van der Waals surface area contributed by atoms with Crippen LogP contribution in [0.1, 0.15) is 25.7 Å². The zero-order valence-electron chi connectivity index (χ0n) is 15.8. The molecule has 0 spiro atoms. The molecule has 3 aliphatic rings. The van der Waals surface area contributed by atoms with E-state index in [-0.39, 0.29) is 17.2 Å². The second-order valence-corrected chi connectivity index (χ2v) is 9.18. The highest BCUT2D eigenvalue weighted by molar-refractivity contribution is 7.97. The second-order valence-electron chi connectivity index (χ2n) is 8.11. The number of nitriles is 1. The van der Waals surface area contributed by atoms with Gasteiger partial charge in [-0.1, -0.05) is 11.9 Å². The number of aromatic nitrogens is 2. The van der Waals surface area contributed by atoms with Crippen LogP contribution in [0.4, 0.5) is 11.5 Å². The van der Waals surface area contributed by atoms with Gasteiger partial charge in [0, 0.05) is 55.5 Å². The molecule has 0 atom stereocenters. The fraction of sp³-hybridized carbons (Fsp3) is 0.550. The molecule has 2 aliphatic carbocycles. The Morgan fingerprint density at radius 1 is 1.36 bits per heavy atom. The van der Waals surface area contributed by atoms with E-state index in [1.54, 1.807) is 0 Å². The van der Waals surface area contributed by atoms with Crippen LogP contribution in [0.25, 0.3) is 11.0 Å². The third-order valence-electron chi connectivity index (χ3n) is 5.90. The molecule has 3 heterocycles. The minimum absolute atomic E-state index is 0.0567. The van der Waals surface area contributed by atoms with Gasteiger partial charge in [-0.05, 0) is 31.7 Å². The smallest absolute Gasteiger partial charge is 0.228 e. The van der Waals surface area contributed by atoms with Crippen LogP contribution >= 0.6 is 11.9 Å². The zero-order chi connectivity index (χ0) is 19.1. The van der Waals surface area contributed by atoms with E-state index in [4.69, 9.17) is 0 Å². The topological polar surface area (TPSA) is 88.1 Å². The number of piperazine rings is 1. The standard InChI is InChI=1S/C20H24N6OS/c21-12-20(4-5-20)13-28-26-9-7-25(8-10-26)16-11-17(24-19(27)14-1-2-14)23-18-15(16)3-6-22-18/h3,6,11,14H,1-2,4-5,7-10,13H2,(H2,22,23,24,27). The van der Waals surface area contributed by atoms with Crippen molar-refractivity contribution in [2.75, 3.05) is 42.1 Å². The lowest BCUT2D eigenvalue weighted by Crippen LogP contribution is -2.44. The van der Waals surface area contributed by atoms with Gasteiger partial charge in [0.1, 0.15) is 11.5 Å². The maximum atomic E-state index is 12.2. The number of nitrogens with one attached hydrogen (secondary N) is 2. The summed E-state index contributed by atoms with van der Waals surface area (Å²) in [7, 11) is 0. The van der Waals surface area contributed by atoms with Gasteiger partial charge in [-0.2, -0.15) is 5.26 Å². The molecule has 3 fully saturated rings. The number of hydrogen-bond donors (Lipinski definition) is 2. The second kappa shape index (κ2) is 6.98. The lowest BCUT2D eigenvalue weighted by atomic mass is 10.2. The quantitative estimate of drug-likeness (QED) is 0.730. The summed E-state index contributed by atoms with van der Waals surface area (Å²) in [5.74, 6) is 1.78. The molecule has 8 heteroatoms. The molecule has 2 N–H and O–H groups in total. The number of nitrogens with zero attached hydrogens (tertiary/aromatic N) is 4. The lowest BCUT2D eigenvalue weighted by Gasteiger charge is -2.36. The summed E-state index contributed by atoms with van der Waals surface area (Å²) in [5, 5.41) is 13.3. The first-order valence-electron chi connectivity index (χ1n) is 9.99. The fourth-order valence-corrected chi connectivity index (χ4v) is 4.84. The van der Waals surface area contributed by atoms with Gasteiger partial charge in [-0.25, -0.2) is 9.29 Å². The third-order valence-corrected chi connectivity index (χ3v) is 7.31. The van der Waals surface area contributed by atoms with Crippen molar-refractivity contribution in [3.63, 3.8) is 0 Å². The van der Waals surface area contributed by atoms with Gasteiger partial charge < -0.3 is 15.2 Å². The Bertz CT molecular complexity index is 934. The molecular formula is C20H24N6OS. The zero-order valence-corrected chi connectivity index (χ0v) is 16.6. The Kier molecular flexibility index (Phi) is 4.44. The number of H-pyrrole nitrogens is 1. The van der Waals surface area contributed by atoms with Gasteiger partial charge in [-0.3, -0.25) is 4.79 Å². The molecule has 1 aliphatic heterocycles. The first kappa shape index (κ1) is 17.8. The molecule has 2 aromatic rings. The van der Waals surface area contributed by atoms with E-state index in [2.05, 4.69) is 36.6 Å². The van der Waals surface area contributed by atoms with E-state index < -0.39 is 0 Å². The third kappa shape index (κ3) is 3.56. The van der Waals surface area contributed by atoms with Gasteiger partial charge in [0.2, 0.25) is 5.91 Å². The van der Waals surface area contributed by atoms with Crippen molar-refractivity contribution in [1.82, 2.24) is 14.3 Å². The van der Waals surface area contributed by atoms with Crippen LogP contribution in [-0.4, -0.2) is 52.1 Å². The van der Waals surface area contributed by atoms with Crippen LogP contribution in [-0.2, 0) is 4.79 Å². The molecule has 2 saturated carbocycles. The number of hydrogen-bond acceptors (Lipinski definition) is 6. The Balaban J connectivity index is 1.27. The van der Waals surface area contributed by atoms with Crippen LogP contribution in [0, 0.1) is 22.7 Å². The van der Waals surface area contributed by atoms with Gasteiger partial charge in [0.05, 0.1) is 17.2 Å². The summed E-state index contributed by atoms with van der Waals surface area (Å²) < 4.78 is 2.39. The molecule has 146 valence electrons. The van der Waals surface area contributed by atoms with Crippen molar-refractivity contribution in [1.29, 1.82) is 5.26 Å². The van der Waals surface area contributed by atoms with E-state index >= 15 is 0 Å². The summed E-state index contributed by atoms with van der Waals surface area (Å²) in [6, 6.07) is 6.53. The molecule has 0 aromatic carbocycles. The van der Waals surface area contributed by atoms with Crippen LogP contribution in [0.15, 0.2) is 18.3 Å². The van der Waals surface area contributed by atoms with Gasteiger partial charge in [0.15, 0.2) is 0 Å². The highest BCUT2D eigenvalue weighted by Gasteiger charge is 2.43. The average molecular weight is 397 g/mol. The van der Waals surface area contributed by atoms with E-state index in [0.717, 1.165) is 74.3 Å². The van der Waals surface area contributed by atoms with Crippen molar-refractivity contribution >= 4 is 40.4 Å². The maximum absolute atomic E-state index is 12.2. The molecule has 1 saturated heterocycles. The number of pyridine rings is 1. The Labute approximate surface area is 168 Å². The first-order chi connectivity index (χ1) is 13.7. The van der Waals surface area contributed by atoms with Crippen LogP contribution in [0.3, 0.4) is 0 Å². The normalized spacial score (nSPS) is 21.5. The monoisotopic (exact) mass is 396 g/mol. The minimum Gasteiger partial charge on any atom is -0.368 e. The summed E-state index contributed by atoms with van der Waals surface area (Å²) in [6.07, 6.45) is 5.96.